The summed E-state index contributed by atoms with van der Waals surface area (Å²) in [6.45, 7) is 6.23. The van der Waals surface area contributed by atoms with Crippen LogP contribution in [-0.4, -0.2) is 33.3 Å². The SMILES string of the molecule is CC(C)(C)OC(=O)N1CCC[C@H]1c1nc(-c2cccs2)no1. The lowest BCUT2D eigenvalue weighted by molar-refractivity contribution is 0.0199. The Morgan fingerprint density at radius 2 is 2.32 bits per heavy atom. The number of ether oxygens (including phenoxy) is 1. The fourth-order valence-electron chi connectivity index (χ4n) is 2.44. The molecule has 0 unspecified atom stereocenters. The summed E-state index contributed by atoms with van der Waals surface area (Å²) in [5, 5.41) is 5.98. The van der Waals surface area contributed by atoms with Crippen molar-refractivity contribution >= 4 is 17.4 Å². The van der Waals surface area contributed by atoms with E-state index in [9.17, 15) is 4.79 Å². The van der Waals surface area contributed by atoms with Crippen LogP contribution in [0.3, 0.4) is 0 Å². The molecular weight excluding hydrogens is 302 g/mol. The van der Waals surface area contributed by atoms with E-state index in [0.29, 0.717) is 18.3 Å². The molecule has 2 aromatic heterocycles. The lowest BCUT2D eigenvalue weighted by Gasteiger charge is -2.26. The Balaban J connectivity index is 1.77. The van der Waals surface area contributed by atoms with E-state index in [1.807, 2.05) is 38.3 Å². The van der Waals surface area contributed by atoms with Crippen molar-refractivity contribution in [2.45, 2.75) is 45.3 Å². The Morgan fingerprint density at radius 1 is 1.50 bits per heavy atom. The first-order valence-corrected chi connectivity index (χ1v) is 8.19. The average molecular weight is 321 g/mol. The van der Waals surface area contributed by atoms with Gasteiger partial charge in [-0.3, -0.25) is 4.90 Å². The van der Waals surface area contributed by atoms with Gasteiger partial charge in [0.15, 0.2) is 0 Å². The Kier molecular flexibility index (Phi) is 3.90. The highest BCUT2D eigenvalue weighted by Crippen LogP contribution is 2.33. The third-order valence-electron chi connectivity index (χ3n) is 3.35. The number of hydrogen-bond acceptors (Lipinski definition) is 6. The van der Waals surface area contributed by atoms with E-state index < -0.39 is 5.60 Å². The molecule has 1 atom stereocenters. The smallest absolute Gasteiger partial charge is 0.410 e. The topological polar surface area (TPSA) is 68.5 Å². The summed E-state index contributed by atoms with van der Waals surface area (Å²) in [5.74, 6) is 1.05. The van der Waals surface area contributed by atoms with Crippen LogP contribution >= 0.6 is 11.3 Å². The Bertz CT molecular complexity index is 645. The van der Waals surface area contributed by atoms with Gasteiger partial charge in [-0.2, -0.15) is 4.98 Å². The summed E-state index contributed by atoms with van der Waals surface area (Å²) in [6.07, 6.45) is 1.39. The van der Waals surface area contributed by atoms with Crippen molar-refractivity contribution in [3.05, 3.63) is 23.4 Å². The molecular formula is C15H19N3O3S. The Labute approximate surface area is 133 Å². The van der Waals surface area contributed by atoms with Crippen LogP contribution in [0.25, 0.3) is 10.7 Å². The zero-order valence-corrected chi connectivity index (χ0v) is 13.7. The van der Waals surface area contributed by atoms with Gasteiger partial charge in [0.1, 0.15) is 11.6 Å². The van der Waals surface area contributed by atoms with Crippen molar-refractivity contribution in [1.82, 2.24) is 15.0 Å². The molecule has 0 aliphatic carbocycles. The summed E-state index contributed by atoms with van der Waals surface area (Å²) >= 11 is 1.56. The van der Waals surface area contributed by atoms with Crippen LogP contribution in [0.15, 0.2) is 22.0 Å². The van der Waals surface area contributed by atoms with Crippen LogP contribution in [0.1, 0.15) is 45.5 Å². The van der Waals surface area contributed by atoms with E-state index in [4.69, 9.17) is 9.26 Å². The molecule has 1 aliphatic heterocycles. The Hall–Kier alpha value is -1.89. The second-order valence-corrected chi connectivity index (χ2v) is 7.21. The summed E-state index contributed by atoms with van der Waals surface area (Å²) in [4.78, 5) is 19.4. The van der Waals surface area contributed by atoms with Gasteiger partial charge >= 0.3 is 6.09 Å². The highest BCUT2D eigenvalue weighted by molar-refractivity contribution is 7.13. The molecule has 0 spiro atoms. The van der Waals surface area contributed by atoms with Gasteiger partial charge in [0.2, 0.25) is 11.7 Å². The Morgan fingerprint density at radius 3 is 3.00 bits per heavy atom. The van der Waals surface area contributed by atoms with Gasteiger partial charge in [-0.1, -0.05) is 11.2 Å². The number of thiophene rings is 1. The van der Waals surface area contributed by atoms with E-state index in [1.54, 1.807) is 16.2 Å². The molecule has 118 valence electrons. The first-order valence-electron chi connectivity index (χ1n) is 7.31. The molecule has 3 rings (SSSR count). The summed E-state index contributed by atoms with van der Waals surface area (Å²) in [5.41, 5.74) is -0.513. The fraction of sp³-hybridized carbons (Fsp3) is 0.533. The van der Waals surface area contributed by atoms with Crippen molar-refractivity contribution in [2.75, 3.05) is 6.54 Å². The van der Waals surface area contributed by atoms with E-state index in [-0.39, 0.29) is 12.1 Å². The van der Waals surface area contributed by atoms with Crippen molar-refractivity contribution in [2.24, 2.45) is 0 Å². The van der Waals surface area contributed by atoms with E-state index in [2.05, 4.69) is 10.1 Å². The van der Waals surface area contributed by atoms with Crippen LogP contribution in [0.4, 0.5) is 4.79 Å². The maximum Gasteiger partial charge on any atom is 0.410 e. The molecule has 7 heteroatoms. The van der Waals surface area contributed by atoms with Crippen LogP contribution in [-0.2, 0) is 4.74 Å². The van der Waals surface area contributed by atoms with Gasteiger partial charge in [0, 0.05) is 6.54 Å². The predicted octanol–water partition coefficient (Wildman–Crippen LogP) is 3.87. The zero-order valence-electron chi connectivity index (χ0n) is 12.9. The average Bonchev–Trinajstić information content (AvgIpc) is 3.17. The molecule has 2 aromatic rings. The molecule has 1 amide bonds. The number of aromatic nitrogens is 2. The van der Waals surface area contributed by atoms with Crippen molar-refractivity contribution in [3.8, 4) is 10.7 Å². The van der Waals surface area contributed by atoms with Crippen molar-refractivity contribution in [3.63, 3.8) is 0 Å². The molecule has 1 saturated heterocycles. The molecule has 0 N–H and O–H groups in total. The number of carbonyl (C=O) groups is 1. The van der Waals surface area contributed by atoms with Gasteiger partial charge in [-0.05, 0) is 45.1 Å². The second kappa shape index (κ2) is 5.72. The minimum absolute atomic E-state index is 0.198. The fourth-order valence-corrected chi connectivity index (χ4v) is 3.09. The largest absolute Gasteiger partial charge is 0.444 e. The van der Waals surface area contributed by atoms with E-state index in [0.717, 1.165) is 17.7 Å². The standard InChI is InChI=1S/C15H19N3O3S/c1-15(2,3)20-14(19)18-8-4-6-10(18)13-16-12(17-21-13)11-7-5-9-22-11/h5,7,9-10H,4,6,8H2,1-3H3/t10-/m0/s1. The minimum Gasteiger partial charge on any atom is -0.444 e. The first-order chi connectivity index (χ1) is 10.4. The van der Waals surface area contributed by atoms with Crippen LogP contribution < -0.4 is 0 Å². The molecule has 0 aromatic carbocycles. The second-order valence-electron chi connectivity index (χ2n) is 6.27. The van der Waals surface area contributed by atoms with Crippen molar-refractivity contribution in [1.29, 1.82) is 0 Å². The summed E-state index contributed by atoms with van der Waals surface area (Å²) < 4.78 is 10.8. The number of hydrogen-bond donors (Lipinski definition) is 0. The highest BCUT2D eigenvalue weighted by atomic mass is 32.1. The molecule has 1 fully saturated rings. The van der Waals surface area contributed by atoms with Gasteiger partial charge in [0.05, 0.1) is 4.88 Å². The molecule has 0 radical (unpaired) electrons. The van der Waals surface area contributed by atoms with E-state index >= 15 is 0 Å². The molecule has 6 nitrogen and oxygen atoms in total. The van der Waals surface area contributed by atoms with Gasteiger partial charge in [-0.25, -0.2) is 4.79 Å². The monoisotopic (exact) mass is 321 g/mol. The molecule has 3 heterocycles. The lowest BCUT2D eigenvalue weighted by Crippen LogP contribution is -2.36. The number of rotatable bonds is 2. The number of carbonyl (C=O) groups excluding carboxylic acids is 1. The third kappa shape index (κ3) is 3.14. The first kappa shape index (κ1) is 15.0. The quantitative estimate of drug-likeness (QED) is 0.840. The van der Waals surface area contributed by atoms with Crippen LogP contribution in [0.5, 0.6) is 0 Å². The van der Waals surface area contributed by atoms with Crippen molar-refractivity contribution < 1.29 is 14.1 Å². The third-order valence-corrected chi connectivity index (χ3v) is 4.21. The van der Waals surface area contributed by atoms with Crippen LogP contribution in [0.2, 0.25) is 0 Å². The zero-order chi connectivity index (χ0) is 15.7. The van der Waals surface area contributed by atoms with Gasteiger partial charge in [-0.15, -0.1) is 11.3 Å². The predicted molar refractivity (Wildman–Crippen MR) is 82.5 cm³/mol. The normalized spacial score (nSPS) is 18.7. The van der Waals surface area contributed by atoms with E-state index in [1.165, 1.54) is 0 Å². The summed E-state index contributed by atoms with van der Waals surface area (Å²) in [7, 11) is 0. The molecule has 0 bridgehead atoms. The maximum atomic E-state index is 12.3. The molecule has 0 saturated carbocycles. The maximum absolute atomic E-state index is 12.3. The lowest BCUT2D eigenvalue weighted by atomic mass is 10.2. The van der Waals surface area contributed by atoms with Gasteiger partial charge in [0.25, 0.3) is 0 Å². The van der Waals surface area contributed by atoms with Gasteiger partial charge < -0.3 is 9.26 Å². The minimum atomic E-state index is -0.513. The number of likely N-dealkylation sites (tertiary alicyclic amines) is 1. The number of amides is 1. The number of nitrogens with zero attached hydrogens (tertiary/aromatic N) is 3. The highest BCUT2D eigenvalue weighted by Gasteiger charge is 2.36. The van der Waals surface area contributed by atoms with Crippen LogP contribution in [0, 0.1) is 0 Å². The molecule has 1 aliphatic rings. The molecule has 22 heavy (non-hydrogen) atoms. The summed E-state index contributed by atoms with van der Waals surface area (Å²) in [6, 6.07) is 3.69.